The normalized spacial score (nSPS) is 11.4. The quantitative estimate of drug-likeness (QED) is 0.691. The number of hydrogen-bond acceptors (Lipinski definition) is 5. The van der Waals surface area contributed by atoms with Crippen LogP contribution >= 0.6 is 11.6 Å². The van der Waals surface area contributed by atoms with E-state index >= 15 is 0 Å². The Hall–Kier alpha value is -2.73. The number of nitrogens with one attached hydrogen (secondary N) is 1. The third-order valence-electron chi connectivity index (χ3n) is 3.87. The molecule has 0 saturated heterocycles. The Morgan fingerprint density at radius 3 is 2.41 bits per heavy atom. The molecular weight excluding hydrogens is 370 g/mol. The molecule has 1 amide bonds. The Kier molecular flexibility index (Phi) is 7.49. The fraction of sp³-hybridized carbons (Fsp3) is 0.300. The van der Waals surface area contributed by atoms with E-state index in [2.05, 4.69) is 5.32 Å². The number of halogens is 1. The molecule has 0 heterocycles. The second kappa shape index (κ2) is 9.83. The number of esters is 1. The molecule has 0 spiro atoms. The molecule has 0 aliphatic carbocycles. The topological polar surface area (TPSA) is 73.9 Å². The first-order chi connectivity index (χ1) is 12.9. The fourth-order valence-electron chi connectivity index (χ4n) is 2.36. The highest BCUT2D eigenvalue weighted by Crippen LogP contribution is 2.27. The molecule has 0 aliphatic rings. The number of ether oxygens (including phenoxy) is 3. The number of anilines is 1. The van der Waals surface area contributed by atoms with E-state index in [0.29, 0.717) is 22.9 Å². The Morgan fingerprint density at radius 1 is 1.07 bits per heavy atom. The molecule has 2 aromatic rings. The first-order valence-electron chi connectivity index (χ1n) is 8.39. The maximum atomic E-state index is 12.3. The summed E-state index contributed by atoms with van der Waals surface area (Å²) in [6, 6.07) is 12.3. The molecule has 0 fully saturated rings. The largest absolute Gasteiger partial charge is 0.497 e. The monoisotopic (exact) mass is 391 g/mol. The van der Waals surface area contributed by atoms with Crippen LogP contribution in [0.15, 0.2) is 42.5 Å². The van der Waals surface area contributed by atoms with Crippen molar-refractivity contribution in [1.29, 1.82) is 0 Å². The van der Waals surface area contributed by atoms with Crippen molar-refractivity contribution in [2.75, 3.05) is 19.5 Å². The minimum Gasteiger partial charge on any atom is -0.497 e. The van der Waals surface area contributed by atoms with Gasteiger partial charge >= 0.3 is 5.97 Å². The summed E-state index contributed by atoms with van der Waals surface area (Å²) < 4.78 is 15.5. The van der Waals surface area contributed by atoms with Gasteiger partial charge in [-0.25, -0.2) is 0 Å². The zero-order chi connectivity index (χ0) is 19.8. The molecule has 0 aliphatic heterocycles. The smallest absolute Gasteiger partial charge is 0.306 e. The van der Waals surface area contributed by atoms with Crippen molar-refractivity contribution in [2.24, 2.45) is 0 Å². The average Bonchev–Trinajstić information content (AvgIpc) is 2.67. The van der Waals surface area contributed by atoms with Crippen molar-refractivity contribution in [3.8, 4) is 11.5 Å². The zero-order valence-electron chi connectivity index (χ0n) is 15.5. The van der Waals surface area contributed by atoms with Gasteiger partial charge in [-0.05, 0) is 49.2 Å². The number of carbonyl (C=O) groups excluding carboxylic acids is 2. The van der Waals surface area contributed by atoms with Crippen LogP contribution in [0.5, 0.6) is 11.5 Å². The number of methoxy groups -OCH3 is 2. The van der Waals surface area contributed by atoms with Gasteiger partial charge in [0.2, 0.25) is 0 Å². The van der Waals surface area contributed by atoms with Gasteiger partial charge in [-0.15, -0.1) is 0 Å². The maximum Gasteiger partial charge on any atom is 0.306 e. The van der Waals surface area contributed by atoms with Gasteiger partial charge in [0.15, 0.2) is 6.10 Å². The molecule has 0 saturated carbocycles. The highest BCUT2D eigenvalue weighted by Gasteiger charge is 2.19. The minimum atomic E-state index is -0.947. The Labute approximate surface area is 163 Å². The first-order valence-corrected chi connectivity index (χ1v) is 8.77. The van der Waals surface area contributed by atoms with E-state index in [9.17, 15) is 9.59 Å². The molecule has 7 heteroatoms. The van der Waals surface area contributed by atoms with Crippen molar-refractivity contribution in [1.82, 2.24) is 0 Å². The van der Waals surface area contributed by atoms with Gasteiger partial charge in [0.1, 0.15) is 11.5 Å². The summed E-state index contributed by atoms with van der Waals surface area (Å²) in [5.74, 6) is 0.300. The summed E-state index contributed by atoms with van der Waals surface area (Å²) in [6.07, 6.45) is -0.263. The van der Waals surface area contributed by atoms with Crippen LogP contribution in [-0.4, -0.2) is 32.2 Å². The lowest BCUT2D eigenvalue weighted by molar-refractivity contribution is -0.153. The van der Waals surface area contributed by atoms with Crippen molar-refractivity contribution < 1.29 is 23.8 Å². The van der Waals surface area contributed by atoms with Crippen molar-refractivity contribution in [3.63, 3.8) is 0 Å². The van der Waals surface area contributed by atoms with Crippen LogP contribution in [0.2, 0.25) is 5.02 Å². The van der Waals surface area contributed by atoms with Gasteiger partial charge in [0, 0.05) is 11.4 Å². The second-order valence-corrected chi connectivity index (χ2v) is 6.25. The molecular formula is C20H22ClNO5. The summed E-state index contributed by atoms with van der Waals surface area (Å²) in [4.78, 5) is 24.3. The van der Waals surface area contributed by atoms with E-state index in [1.807, 2.05) is 24.3 Å². The standard InChI is InChI=1S/C20H22ClNO5/c1-13(20(24)22-17-12-15(21)7-10-18(17)26-3)27-19(23)11-6-14-4-8-16(25-2)9-5-14/h4-5,7-10,12-13H,6,11H2,1-3H3,(H,22,24)/t13-/m0/s1. The Balaban J connectivity index is 1.86. The van der Waals surface area contributed by atoms with E-state index in [4.69, 9.17) is 25.8 Å². The van der Waals surface area contributed by atoms with Gasteiger partial charge in [-0.1, -0.05) is 23.7 Å². The average molecular weight is 392 g/mol. The van der Waals surface area contributed by atoms with Crippen LogP contribution in [0, 0.1) is 0 Å². The summed E-state index contributed by atoms with van der Waals surface area (Å²) in [6.45, 7) is 1.51. The van der Waals surface area contributed by atoms with Crippen LogP contribution < -0.4 is 14.8 Å². The number of hydrogen-bond donors (Lipinski definition) is 1. The maximum absolute atomic E-state index is 12.3. The predicted octanol–water partition coefficient (Wildman–Crippen LogP) is 3.86. The Morgan fingerprint density at radius 2 is 1.78 bits per heavy atom. The molecule has 27 heavy (non-hydrogen) atoms. The first kappa shape index (κ1) is 20.6. The third kappa shape index (κ3) is 6.18. The van der Waals surface area contributed by atoms with E-state index < -0.39 is 18.0 Å². The molecule has 2 aromatic carbocycles. The second-order valence-electron chi connectivity index (χ2n) is 5.81. The third-order valence-corrected chi connectivity index (χ3v) is 4.11. The molecule has 0 unspecified atom stereocenters. The van der Waals surface area contributed by atoms with Gasteiger partial charge in [-0.3, -0.25) is 9.59 Å². The van der Waals surface area contributed by atoms with Gasteiger partial charge in [0.05, 0.1) is 19.9 Å². The summed E-state index contributed by atoms with van der Waals surface area (Å²) in [5, 5.41) is 3.11. The minimum absolute atomic E-state index is 0.171. The zero-order valence-corrected chi connectivity index (χ0v) is 16.2. The summed E-state index contributed by atoms with van der Waals surface area (Å²) in [7, 11) is 3.08. The molecule has 0 bridgehead atoms. The van der Waals surface area contributed by atoms with E-state index in [1.54, 1.807) is 25.3 Å². The summed E-state index contributed by atoms with van der Waals surface area (Å²) in [5.41, 5.74) is 1.39. The van der Waals surface area contributed by atoms with Crippen LogP contribution in [0.4, 0.5) is 5.69 Å². The molecule has 0 radical (unpaired) electrons. The lowest BCUT2D eigenvalue weighted by Crippen LogP contribution is -2.30. The van der Waals surface area contributed by atoms with Gasteiger partial charge < -0.3 is 19.5 Å². The van der Waals surface area contributed by atoms with E-state index in [0.717, 1.165) is 11.3 Å². The van der Waals surface area contributed by atoms with Crippen molar-refractivity contribution >= 4 is 29.2 Å². The van der Waals surface area contributed by atoms with Crippen molar-refractivity contribution in [2.45, 2.75) is 25.9 Å². The Bertz CT molecular complexity index is 791. The summed E-state index contributed by atoms with van der Waals surface area (Å²) >= 11 is 5.94. The van der Waals surface area contributed by atoms with Crippen LogP contribution in [-0.2, 0) is 20.7 Å². The van der Waals surface area contributed by atoms with Crippen LogP contribution in [0.1, 0.15) is 18.9 Å². The van der Waals surface area contributed by atoms with Crippen LogP contribution in [0.25, 0.3) is 0 Å². The number of rotatable bonds is 8. The van der Waals surface area contributed by atoms with Crippen LogP contribution in [0.3, 0.4) is 0 Å². The highest BCUT2D eigenvalue weighted by atomic mass is 35.5. The fourth-order valence-corrected chi connectivity index (χ4v) is 2.53. The highest BCUT2D eigenvalue weighted by molar-refractivity contribution is 6.31. The predicted molar refractivity (Wildman–Crippen MR) is 104 cm³/mol. The molecule has 1 atom stereocenters. The lowest BCUT2D eigenvalue weighted by atomic mass is 10.1. The van der Waals surface area contributed by atoms with Gasteiger partial charge in [-0.2, -0.15) is 0 Å². The number of amides is 1. The van der Waals surface area contributed by atoms with E-state index in [-0.39, 0.29) is 6.42 Å². The number of carbonyl (C=O) groups is 2. The number of aryl methyl sites for hydroxylation is 1. The molecule has 2 rings (SSSR count). The molecule has 6 nitrogen and oxygen atoms in total. The van der Waals surface area contributed by atoms with Gasteiger partial charge in [0.25, 0.3) is 5.91 Å². The molecule has 144 valence electrons. The number of benzene rings is 2. The lowest BCUT2D eigenvalue weighted by Gasteiger charge is -2.15. The van der Waals surface area contributed by atoms with E-state index in [1.165, 1.54) is 14.0 Å². The van der Waals surface area contributed by atoms with Crippen molar-refractivity contribution in [3.05, 3.63) is 53.1 Å². The SMILES string of the molecule is COc1ccc(CCC(=O)O[C@@H](C)C(=O)Nc2cc(Cl)ccc2OC)cc1. The molecule has 1 N–H and O–H groups in total. The molecule has 0 aromatic heterocycles.